The first-order chi connectivity index (χ1) is 55.3. The molecule has 20 nitrogen and oxygen atoms in total. The molecular weight excluding hydrogens is 1520 g/mol. The third-order valence-corrected chi connectivity index (χ3v) is 22.3. The number of phenolic OH excluding ortho intramolecular Hbond substituents is 1. The number of H-pyrrole nitrogens is 1. The van der Waals surface area contributed by atoms with Crippen molar-refractivity contribution in [2.75, 3.05) is 34.5 Å². The molecule has 602 valence electrons. The molecule has 23 heteroatoms. The first kappa shape index (κ1) is 88.9. The summed E-state index contributed by atoms with van der Waals surface area (Å²) in [4.78, 5) is 99.4. The average Bonchev–Trinajstić information content (AvgIpc) is 1.62. The van der Waals surface area contributed by atoms with E-state index in [4.69, 9.17) is 40.4 Å². The molecule has 0 radical (unpaired) electrons. The second-order valence-electron chi connectivity index (χ2n) is 29.7. The molecule has 12 rings (SSSR count). The number of ether oxygens (including phenoxy) is 5. The molecule has 0 fully saturated rings. The van der Waals surface area contributed by atoms with Crippen LogP contribution < -0.4 is 14.2 Å². The van der Waals surface area contributed by atoms with E-state index < -0.39 is 33.3 Å². The number of allylic oxidation sites excluding steroid dienone is 4. The Balaban J connectivity index is 0.000000186. The van der Waals surface area contributed by atoms with Gasteiger partial charge in [0.1, 0.15) is 23.0 Å². The van der Waals surface area contributed by atoms with E-state index in [9.17, 15) is 48.6 Å². The van der Waals surface area contributed by atoms with Crippen molar-refractivity contribution in [3.63, 3.8) is 0 Å². The molecule has 116 heavy (non-hydrogen) atoms. The first-order valence-corrected chi connectivity index (χ1v) is 45.4. The number of aliphatic carboxylic acids is 2. The number of aromatic amines is 1. The zero-order valence-corrected chi connectivity index (χ0v) is 70.4. The molecule has 0 atom stereocenters. The van der Waals surface area contributed by atoms with E-state index in [2.05, 4.69) is 44.3 Å². The van der Waals surface area contributed by atoms with Crippen molar-refractivity contribution in [2.24, 2.45) is 0 Å². The number of methoxy groups -OCH3 is 3. The number of carbonyl (C=O) groups excluding carboxylic acids is 6. The minimum Gasteiger partial charge on any atom is -0.508 e. The second-order valence-corrected chi connectivity index (χ2v) is 41.3. The highest BCUT2D eigenvalue weighted by Crippen LogP contribution is 2.34. The van der Waals surface area contributed by atoms with Crippen LogP contribution in [0, 0.1) is 27.7 Å². The van der Waals surface area contributed by atoms with Gasteiger partial charge in [0.25, 0.3) is 17.7 Å². The number of carboxylic acid groups (broad SMARTS) is 2. The number of carbonyl (C=O) groups is 8. The number of esters is 2. The molecule has 0 aliphatic rings. The summed E-state index contributed by atoms with van der Waals surface area (Å²) in [5.41, 5.74) is 12.6. The van der Waals surface area contributed by atoms with Gasteiger partial charge in [-0.15, -0.1) is 0 Å². The molecule has 8 aromatic carbocycles. The van der Waals surface area contributed by atoms with Gasteiger partial charge < -0.3 is 44.0 Å². The van der Waals surface area contributed by atoms with Crippen LogP contribution in [0.25, 0.3) is 67.9 Å². The SMILES string of the molecule is COc1ccc2[nH]c(C)c(CC(=O)OCC[Si](C)(C)C)c2c1.COc1ccc2c(c1)c(CC(=O)O)c(C)n2C(=O)/C=C/c1ccccc1.COc1ccc2c(c1)c(CC(=O)OCC[Si](C)(C)C)c(C)n2C(=O)/C=C/c1ccccc1.Cc1c(CC(=O)O)c2cc(O)ccc2n1C(=O)/C=C/c1ccccc1.O=C(Cl)/C=C/c1ccccc1. The number of benzene rings is 8. The number of rotatable bonds is 25. The summed E-state index contributed by atoms with van der Waals surface area (Å²) in [7, 11) is 2.34. The maximum atomic E-state index is 13.1. The van der Waals surface area contributed by atoms with Crippen LogP contribution in [-0.2, 0) is 59.1 Å². The number of hydrogen-bond donors (Lipinski definition) is 4. The van der Waals surface area contributed by atoms with Crippen LogP contribution in [0.2, 0.25) is 51.4 Å². The van der Waals surface area contributed by atoms with E-state index in [0.29, 0.717) is 75.5 Å². The van der Waals surface area contributed by atoms with Gasteiger partial charge in [-0.25, -0.2) is 0 Å². The van der Waals surface area contributed by atoms with Gasteiger partial charge in [0, 0.05) is 84.2 Å². The lowest BCUT2D eigenvalue weighted by Gasteiger charge is -2.15. The molecule has 0 spiro atoms. The van der Waals surface area contributed by atoms with Gasteiger partial charge in [0.05, 0.1) is 76.8 Å². The summed E-state index contributed by atoms with van der Waals surface area (Å²) in [6.45, 7) is 21.9. The Kier molecular flexibility index (Phi) is 32.1. The quantitative estimate of drug-likeness (QED) is 0.0179. The first-order valence-electron chi connectivity index (χ1n) is 37.6. The maximum Gasteiger partial charge on any atom is 0.310 e. The van der Waals surface area contributed by atoms with Gasteiger partial charge in [0.15, 0.2) is 0 Å². The Hall–Kier alpha value is -12.6. The lowest BCUT2D eigenvalue weighted by Crippen LogP contribution is -2.23. The van der Waals surface area contributed by atoms with E-state index in [0.717, 1.165) is 84.4 Å². The number of carboxylic acids is 2. The molecule has 12 aromatic rings. The standard InChI is InChI=1S/C26H31NO4Si.C21H19NO4.C20H17NO4.C17H25NO3Si.C9H7ClO/c1-19-22(18-26(29)31-15-16-32(3,4)5)23-17-21(30-2)12-13-24(23)27(19)25(28)14-11-20-9-7-6-8-10-20;1-14-17(13-21(24)25)18-12-16(26-2)9-10-19(18)22(14)20(23)11-8-15-6-4-3-5-7-15;1-13-16(12-20(24)25)17-11-15(22)8-9-18(17)21(13)19(23)10-7-14-5-3-2-4-6-14;1-12-14(11-17(19)21-8-9-22(3,4)5)15-10-13(20-2)6-7-16(15)18-12;10-9(11)7-6-8-4-2-1-3-5-8/h6-14,17H,15-16,18H2,1-5H3;3-12H,13H2,1-2H3,(H,24,25);2-11,22H,12H2,1H3,(H,24,25);6-7,10,18H,8-9,11H2,1-5H3;1-7H/b14-11+;11-8+;10-7+;;7-6+. The molecule has 0 amide bonds. The predicted molar refractivity (Wildman–Crippen MR) is 467 cm³/mol. The van der Waals surface area contributed by atoms with Crippen molar-refractivity contribution in [3.05, 3.63) is 286 Å². The number of fused-ring (bicyclic) bond motifs is 4. The van der Waals surface area contributed by atoms with Crippen molar-refractivity contribution in [3.8, 4) is 23.0 Å². The fourth-order valence-electron chi connectivity index (χ4n) is 12.7. The number of aryl methyl sites for hydroxylation is 1. The Bertz CT molecular complexity index is 5610. The number of phenols is 1. The normalized spacial score (nSPS) is 11.4. The average molecular weight is 1620 g/mol. The Morgan fingerprint density at radius 2 is 0.707 bits per heavy atom. The summed E-state index contributed by atoms with van der Waals surface area (Å²) < 4.78 is 31.5. The van der Waals surface area contributed by atoms with Crippen molar-refractivity contribution in [2.45, 2.75) is 105 Å². The Labute approximate surface area is 682 Å². The van der Waals surface area contributed by atoms with E-state index in [1.807, 2.05) is 172 Å². The third-order valence-electron chi connectivity index (χ3n) is 18.8. The lowest BCUT2D eigenvalue weighted by atomic mass is 10.1. The molecule has 0 saturated carbocycles. The van der Waals surface area contributed by atoms with Gasteiger partial charge in [0.2, 0.25) is 5.24 Å². The number of nitrogens with zero attached hydrogens (tertiary/aromatic N) is 3. The topological polar surface area (TPSA) is 274 Å². The van der Waals surface area contributed by atoms with Gasteiger partial charge >= 0.3 is 23.9 Å². The highest BCUT2D eigenvalue weighted by Gasteiger charge is 2.25. The summed E-state index contributed by atoms with van der Waals surface area (Å²) in [6, 6.07) is 61.4. The highest BCUT2D eigenvalue weighted by atomic mass is 35.5. The Morgan fingerprint density at radius 3 is 1.04 bits per heavy atom. The maximum absolute atomic E-state index is 13.1. The van der Waals surface area contributed by atoms with E-state index in [1.54, 1.807) is 99.0 Å². The summed E-state index contributed by atoms with van der Waals surface area (Å²) in [5.74, 6) is -0.912. The van der Waals surface area contributed by atoms with Gasteiger partial charge in [-0.3, -0.25) is 52.1 Å². The van der Waals surface area contributed by atoms with Crippen molar-refractivity contribution >= 4 is 143 Å². The number of hydrogen-bond acceptors (Lipinski definition) is 14. The Morgan fingerprint density at radius 1 is 0.397 bits per heavy atom. The van der Waals surface area contributed by atoms with Crippen LogP contribution in [0.5, 0.6) is 23.0 Å². The molecule has 0 saturated heterocycles. The number of aromatic hydroxyl groups is 1. The summed E-state index contributed by atoms with van der Waals surface area (Å²) in [6.07, 6.45) is 12.8. The molecule has 4 aromatic heterocycles. The van der Waals surface area contributed by atoms with E-state index in [1.165, 1.54) is 34.9 Å². The van der Waals surface area contributed by atoms with Gasteiger partial charge in [-0.05, 0) is 193 Å². The molecule has 0 unspecified atom stereocenters. The fourth-order valence-corrected chi connectivity index (χ4v) is 14.2. The molecule has 0 aliphatic carbocycles. The number of nitrogens with one attached hydrogen (secondary N) is 1. The van der Waals surface area contributed by atoms with Crippen LogP contribution >= 0.6 is 11.6 Å². The minimum atomic E-state index is -1.28. The zero-order chi connectivity index (χ0) is 84.4. The fraction of sp³-hybridized carbons (Fsp3) is 0.226. The van der Waals surface area contributed by atoms with Gasteiger partial charge in [-0.1, -0.05) is 167 Å². The molecule has 4 N–H and O–H groups in total. The van der Waals surface area contributed by atoms with Crippen molar-refractivity contribution < 1.29 is 77.4 Å². The van der Waals surface area contributed by atoms with Crippen LogP contribution in [0.4, 0.5) is 0 Å². The van der Waals surface area contributed by atoms with E-state index >= 15 is 0 Å². The number of aromatic nitrogens is 4. The zero-order valence-electron chi connectivity index (χ0n) is 67.6. The largest absolute Gasteiger partial charge is 0.508 e. The monoisotopic (exact) mass is 1620 g/mol. The predicted octanol–water partition coefficient (Wildman–Crippen LogP) is 19.7. The molecule has 0 bridgehead atoms. The highest BCUT2D eigenvalue weighted by molar-refractivity contribution is 6.76. The molecule has 4 heterocycles. The van der Waals surface area contributed by atoms with Crippen LogP contribution in [0.15, 0.2) is 218 Å². The lowest BCUT2D eigenvalue weighted by molar-refractivity contribution is -0.143. The number of halogens is 1. The summed E-state index contributed by atoms with van der Waals surface area (Å²) >= 11 is 5.10. The van der Waals surface area contributed by atoms with Crippen LogP contribution in [0.1, 0.15) is 81.7 Å². The van der Waals surface area contributed by atoms with Gasteiger partial charge in [-0.2, -0.15) is 0 Å². The van der Waals surface area contributed by atoms with Crippen LogP contribution in [0.3, 0.4) is 0 Å². The second kappa shape index (κ2) is 41.9. The third kappa shape index (κ3) is 25.7. The van der Waals surface area contributed by atoms with E-state index in [-0.39, 0.29) is 54.7 Å². The van der Waals surface area contributed by atoms with Crippen molar-refractivity contribution in [1.82, 2.24) is 18.7 Å². The summed E-state index contributed by atoms with van der Waals surface area (Å²) in [5, 5.41) is 30.8. The molecule has 0 aliphatic heterocycles. The smallest absolute Gasteiger partial charge is 0.310 e. The minimum absolute atomic E-state index is 0.0311. The molecular formula is C93H99ClN4O16Si2. The van der Waals surface area contributed by atoms with Crippen LogP contribution in [-0.4, -0.2) is 132 Å². The van der Waals surface area contributed by atoms with Crippen molar-refractivity contribution in [1.29, 1.82) is 0 Å².